The molecule has 0 radical (unpaired) electrons. The lowest BCUT2D eigenvalue weighted by Crippen LogP contribution is -2.36. The zero-order valence-electron chi connectivity index (χ0n) is 4.98. The summed E-state index contributed by atoms with van der Waals surface area (Å²) in [6, 6.07) is 0.0712. The van der Waals surface area contributed by atoms with E-state index in [4.69, 9.17) is 0 Å². The molecule has 1 saturated heterocycles. The minimum atomic E-state index is 0.0712. The van der Waals surface area contributed by atoms with E-state index in [1.807, 2.05) is 22.9 Å². The van der Waals surface area contributed by atoms with Crippen LogP contribution in [0, 0.1) is 0 Å². The van der Waals surface area contributed by atoms with Gasteiger partial charge in [0.25, 0.3) is 0 Å². The molecular formula is C5H9IN2O. The summed E-state index contributed by atoms with van der Waals surface area (Å²) in [5.41, 5.74) is 0. The first-order valence-corrected chi connectivity index (χ1v) is 4.06. The van der Waals surface area contributed by atoms with Gasteiger partial charge >= 0.3 is 0 Å². The molecule has 1 rings (SSSR count). The summed E-state index contributed by atoms with van der Waals surface area (Å²) in [5.74, 6) is 0.105. The Hall–Kier alpha value is 0.160. The third kappa shape index (κ3) is 1.79. The summed E-state index contributed by atoms with van der Waals surface area (Å²) in [6.45, 7) is 0.981. The largest absolute Gasteiger partial charge is 0.306 e. The third-order valence-electron chi connectivity index (χ3n) is 1.47. The van der Waals surface area contributed by atoms with Crippen LogP contribution in [0.5, 0.6) is 0 Å². The highest BCUT2D eigenvalue weighted by Crippen LogP contribution is 2.04. The topological polar surface area (TPSA) is 41.1 Å². The van der Waals surface area contributed by atoms with Crippen molar-refractivity contribution in [1.82, 2.24) is 8.85 Å². The molecule has 0 saturated carbocycles. The maximum absolute atomic E-state index is 10.8. The number of hydrogen-bond donors (Lipinski definition) is 2. The Kier molecular flexibility index (Phi) is 2.71. The summed E-state index contributed by atoms with van der Waals surface area (Å²) in [7, 11) is 0. The maximum atomic E-state index is 10.8. The van der Waals surface area contributed by atoms with Crippen LogP contribution in [0.25, 0.3) is 0 Å². The predicted octanol–water partition coefficient (Wildman–Crippen LogP) is 0.205. The molecule has 0 aliphatic carbocycles. The van der Waals surface area contributed by atoms with E-state index in [1.54, 1.807) is 0 Å². The summed E-state index contributed by atoms with van der Waals surface area (Å²) in [5, 5.41) is 3.09. The molecule has 0 bridgehead atoms. The lowest BCUT2D eigenvalue weighted by Gasteiger charge is -2.04. The molecule has 9 heavy (non-hydrogen) atoms. The monoisotopic (exact) mass is 240 g/mol. The van der Waals surface area contributed by atoms with Crippen molar-refractivity contribution in [2.24, 2.45) is 0 Å². The molecule has 1 amide bonds. The number of halogens is 1. The summed E-state index contributed by atoms with van der Waals surface area (Å²) in [6.07, 6.45) is 2.10. The van der Waals surface area contributed by atoms with Crippen LogP contribution >= 0.6 is 22.9 Å². The molecule has 0 aromatic rings. The molecule has 1 aliphatic rings. The standard InChI is InChI=1S/C5H9IN2O/c6-8-5(9)4-2-1-3-7-4/h4,7H,1-3H2,(H,8,9)/t4-/m0/s1. The van der Waals surface area contributed by atoms with Crippen LogP contribution < -0.4 is 8.85 Å². The van der Waals surface area contributed by atoms with Gasteiger partial charge in [0.05, 0.1) is 28.9 Å². The van der Waals surface area contributed by atoms with Gasteiger partial charge in [0.1, 0.15) is 0 Å². The third-order valence-corrected chi connectivity index (χ3v) is 2.00. The van der Waals surface area contributed by atoms with Gasteiger partial charge in [-0.1, -0.05) is 0 Å². The van der Waals surface area contributed by atoms with E-state index in [-0.39, 0.29) is 11.9 Å². The first-order chi connectivity index (χ1) is 4.34. The van der Waals surface area contributed by atoms with Crippen molar-refractivity contribution in [3.8, 4) is 0 Å². The lowest BCUT2D eigenvalue weighted by atomic mass is 10.2. The number of carbonyl (C=O) groups excluding carboxylic acids is 1. The van der Waals surface area contributed by atoms with E-state index >= 15 is 0 Å². The fraction of sp³-hybridized carbons (Fsp3) is 0.800. The lowest BCUT2D eigenvalue weighted by molar-refractivity contribution is -0.120. The van der Waals surface area contributed by atoms with Crippen molar-refractivity contribution in [1.29, 1.82) is 0 Å². The Labute approximate surface area is 68.1 Å². The second-order valence-electron chi connectivity index (χ2n) is 2.11. The molecule has 0 aromatic heterocycles. The molecular weight excluding hydrogens is 231 g/mol. The molecule has 0 aromatic carbocycles. The quantitative estimate of drug-likeness (QED) is 0.508. The van der Waals surface area contributed by atoms with Crippen molar-refractivity contribution in [2.45, 2.75) is 18.9 Å². The molecule has 4 heteroatoms. The first kappa shape index (κ1) is 7.27. The SMILES string of the molecule is O=C(NI)[C@@H]1CCCN1. The highest BCUT2D eigenvalue weighted by Gasteiger charge is 2.20. The average Bonchev–Trinajstić information content (AvgIpc) is 2.37. The zero-order valence-corrected chi connectivity index (χ0v) is 7.14. The molecule has 2 N–H and O–H groups in total. The van der Waals surface area contributed by atoms with Crippen molar-refractivity contribution >= 4 is 28.8 Å². The second kappa shape index (κ2) is 3.36. The van der Waals surface area contributed by atoms with E-state index in [1.165, 1.54) is 0 Å². The number of hydrogen-bond acceptors (Lipinski definition) is 2. The molecule has 1 heterocycles. The van der Waals surface area contributed by atoms with Gasteiger partial charge in [0.2, 0.25) is 5.91 Å². The van der Waals surface area contributed by atoms with Crippen LogP contribution in [-0.4, -0.2) is 18.5 Å². The van der Waals surface area contributed by atoms with Crippen molar-refractivity contribution in [2.75, 3.05) is 6.54 Å². The number of carbonyl (C=O) groups is 1. The molecule has 0 spiro atoms. The van der Waals surface area contributed by atoms with Gasteiger partial charge in [-0.2, -0.15) is 0 Å². The van der Waals surface area contributed by atoms with Gasteiger partial charge in [-0.15, -0.1) is 0 Å². The molecule has 0 unspecified atom stereocenters. The normalized spacial score (nSPS) is 26.1. The van der Waals surface area contributed by atoms with Crippen molar-refractivity contribution in [3.63, 3.8) is 0 Å². The fourth-order valence-electron chi connectivity index (χ4n) is 0.974. The van der Waals surface area contributed by atoms with Gasteiger partial charge in [-0.3, -0.25) is 8.32 Å². The number of amides is 1. The minimum Gasteiger partial charge on any atom is -0.306 e. The Morgan fingerprint density at radius 1 is 1.78 bits per heavy atom. The van der Waals surface area contributed by atoms with Crippen LogP contribution in [0.2, 0.25) is 0 Å². The number of rotatable bonds is 1. The highest BCUT2D eigenvalue weighted by molar-refractivity contribution is 14.1. The highest BCUT2D eigenvalue weighted by atomic mass is 127. The van der Waals surface area contributed by atoms with E-state index in [2.05, 4.69) is 8.85 Å². The van der Waals surface area contributed by atoms with Crippen LogP contribution in [0.3, 0.4) is 0 Å². The van der Waals surface area contributed by atoms with E-state index in [0.717, 1.165) is 19.4 Å². The van der Waals surface area contributed by atoms with Crippen molar-refractivity contribution in [3.05, 3.63) is 0 Å². The molecule has 1 atom stereocenters. The van der Waals surface area contributed by atoms with Crippen LogP contribution in [0.15, 0.2) is 0 Å². The predicted molar refractivity (Wildman–Crippen MR) is 43.2 cm³/mol. The molecule has 3 nitrogen and oxygen atoms in total. The zero-order chi connectivity index (χ0) is 6.69. The van der Waals surface area contributed by atoms with Crippen LogP contribution in [-0.2, 0) is 4.79 Å². The van der Waals surface area contributed by atoms with E-state index in [0.29, 0.717) is 0 Å². The Balaban J connectivity index is 2.32. The van der Waals surface area contributed by atoms with Gasteiger partial charge in [0, 0.05) is 0 Å². The maximum Gasteiger partial charge on any atom is 0.245 e. The minimum absolute atomic E-state index is 0.0712. The van der Waals surface area contributed by atoms with Gasteiger partial charge in [-0.05, 0) is 19.4 Å². The smallest absolute Gasteiger partial charge is 0.245 e. The summed E-state index contributed by atoms with van der Waals surface area (Å²) >= 11 is 1.86. The second-order valence-corrected chi connectivity index (χ2v) is 2.65. The van der Waals surface area contributed by atoms with Crippen LogP contribution in [0.4, 0.5) is 0 Å². The van der Waals surface area contributed by atoms with Gasteiger partial charge in [0.15, 0.2) is 0 Å². The van der Waals surface area contributed by atoms with Gasteiger partial charge < -0.3 is 5.32 Å². The Morgan fingerprint density at radius 2 is 2.56 bits per heavy atom. The van der Waals surface area contributed by atoms with E-state index < -0.39 is 0 Å². The summed E-state index contributed by atoms with van der Waals surface area (Å²) < 4.78 is 2.58. The van der Waals surface area contributed by atoms with Crippen molar-refractivity contribution < 1.29 is 4.79 Å². The first-order valence-electron chi connectivity index (χ1n) is 2.98. The summed E-state index contributed by atoms with van der Waals surface area (Å²) in [4.78, 5) is 10.8. The molecule has 52 valence electrons. The Morgan fingerprint density at radius 3 is 3.00 bits per heavy atom. The van der Waals surface area contributed by atoms with Gasteiger partial charge in [-0.25, -0.2) is 0 Å². The molecule has 1 fully saturated rings. The van der Waals surface area contributed by atoms with Crippen LogP contribution in [0.1, 0.15) is 12.8 Å². The number of nitrogens with one attached hydrogen (secondary N) is 2. The Bertz CT molecular complexity index is 112. The molecule has 1 aliphatic heterocycles. The average molecular weight is 240 g/mol. The van der Waals surface area contributed by atoms with E-state index in [9.17, 15) is 4.79 Å². The fourth-order valence-corrected chi connectivity index (χ4v) is 1.35.